The van der Waals surface area contributed by atoms with E-state index >= 15 is 0 Å². The molecule has 1 aromatic heterocycles. The van der Waals surface area contributed by atoms with Gasteiger partial charge in [0.25, 0.3) is 0 Å². The van der Waals surface area contributed by atoms with Crippen LogP contribution < -0.4 is 5.32 Å². The van der Waals surface area contributed by atoms with Crippen LogP contribution in [-0.4, -0.2) is 28.8 Å². The van der Waals surface area contributed by atoms with Crippen molar-refractivity contribution >= 4 is 5.97 Å². The van der Waals surface area contributed by atoms with Gasteiger partial charge in [0, 0.05) is 6.04 Å². The zero-order chi connectivity index (χ0) is 12.1. The van der Waals surface area contributed by atoms with E-state index in [4.69, 9.17) is 14.6 Å². The molecule has 2 unspecified atom stereocenters. The molecule has 0 saturated carbocycles. The first-order chi connectivity index (χ1) is 7.58. The molecule has 5 nitrogen and oxygen atoms in total. The molecule has 0 spiro atoms. The van der Waals surface area contributed by atoms with Crippen molar-refractivity contribution < 1.29 is 19.4 Å². The minimum atomic E-state index is -1.08. The lowest BCUT2D eigenvalue weighted by molar-refractivity contribution is 0.0659. The number of aliphatic hydroxyl groups is 1. The van der Waals surface area contributed by atoms with E-state index in [9.17, 15) is 4.79 Å². The van der Waals surface area contributed by atoms with E-state index in [0.717, 1.165) is 6.42 Å². The largest absolute Gasteiger partial charge is 0.475 e. The number of hydrogen-bond acceptors (Lipinski definition) is 4. The zero-order valence-corrected chi connectivity index (χ0v) is 9.43. The van der Waals surface area contributed by atoms with Gasteiger partial charge in [0.15, 0.2) is 0 Å². The summed E-state index contributed by atoms with van der Waals surface area (Å²) in [5.74, 6) is -0.586. The van der Waals surface area contributed by atoms with Crippen molar-refractivity contribution in [1.82, 2.24) is 5.32 Å². The molecule has 0 saturated heterocycles. The second kappa shape index (κ2) is 5.67. The Hall–Kier alpha value is -1.33. The minimum Gasteiger partial charge on any atom is -0.475 e. The van der Waals surface area contributed by atoms with Crippen LogP contribution in [0.25, 0.3) is 0 Å². The molecule has 0 aliphatic rings. The van der Waals surface area contributed by atoms with E-state index in [1.165, 1.54) is 6.07 Å². The molecule has 0 radical (unpaired) electrons. The standard InChI is InChI=1S/C11H17NO4/c1-3-8(6-13)12-7(2)9-4-5-10(16-9)11(14)15/h4-5,7-8,12-13H,3,6H2,1-2H3,(H,14,15). The Morgan fingerprint density at radius 3 is 2.69 bits per heavy atom. The molecule has 16 heavy (non-hydrogen) atoms. The summed E-state index contributed by atoms with van der Waals surface area (Å²) in [7, 11) is 0. The van der Waals surface area contributed by atoms with Gasteiger partial charge >= 0.3 is 5.97 Å². The van der Waals surface area contributed by atoms with E-state index in [1.807, 2.05) is 13.8 Å². The molecule has 1 rings (SSSR count). The number of carbonyl (C=O) groups is 1. The number of carboxylic acids is 1. The van der Waals surface area contributed by atoms with Crippen LogP contribution in [0.4, 0.5) is 0 Å². The third-order valence-corrected chi connectivity index (χ3v) is 2.46. The van der Waals surface area contributed by atoms with Crippen LogP contribution in [-0.2, 0) is 0 Å². The summed E-state index contributed by atoms with van der Waals surface area (Å²) in [6.45, 7) is 3.88. The van der Waals surface area contributed by atoms with Crippen molar-refractivity contribution in [3.05, 3.63) is 23.7 Å². The van der Waals surface area contributed by atoms with Gasteiger partial charge in [-0.3, -0.25) is 0 Å². The Labute approximate surface area is 94.1 Å². The Bertz CT molecular complexity index is 344. The van der Waals surface area contributed by atoms with Gasteiger partial charge in [0.2, 0.25) is 5.76 Å². The van der Waals surface area contributed by atoms with Crippen LogP contribution in [0.1, 0.15) is 42.6 Å². The van der Waals surface area contributed by atoms with Gasteiger partial charge in [-0.1, -0.05) is 6.92 Å². The summed E-state index contributed by atoms with van der Waals surface area (Å²) in [5, 5.41) is 20.9. The predicted octanol–water partition coefficient (Wildman–Crippen LogP) is 1.40. The third kappa shape index (κ3) is 3.08. The Kier molecular flexibility index (Phi) is 4.52. The number of nitrogens with one attached hydrogen (secondary N) is 1. The van der Waals surface area contributed by atoms with Crippen molar-refractivity contribution in [3.63, 3.8) is 0 Å². The van der Waals surface area contributed by atoms with Gasteiger partial charge in [-0.05, 0) is 25.5 Å². The quantitative estimate of drug-likeness (QED) is 0.684. The number of rotatable bonds is 6. The summed E-state index contributed by atoms with van der Waals surface area (Å²) in [4.78, 5) is 10.6. The van der Waals surface area contributed by atoms with Crippen molar-refractivity contribution in [1.29, 1.82) is 0 Å². The Morgan fingerprint density at radius 2 is 2.25 bits per heavy atom. The van der Waals surface area contributed by atoms with E-state index in [-0.39, 0.29) is 24.5 Å². The van der Waals surface area contributed by atoms with E-state index < -0.39 is 5.97 Å². The average molecular weight is 227 g/mol. The van der Waals surface area contributed by atoms with Crippen molar-refractivity contribution in [2.75, 3.05) is 6.61 Å². The second-order valence-corrected chi connectivity index (χ2v) is 3.68. The molecule has 0 aromatic carbocycles. The van der Waals surface area contributed by atoms with E-state index in [1.54, 1.807) is 6.07 Å². The van der Waals surface area contributed by atoms with Crippen molar-refractivity contribution in [3.8, 4) is 0 Å². The number of aliphatic hydroxyl groups excluding tert-OH is 1. The van der Waals surface area contributed by atoms with E-state index in [2.05, 4.69) is 5.32 Å². The lowest BCUT2D eigenvalue weighted by Gasteiger charge is -2.18. The monoisotopic (exact) mass is 227 g/mol. The molecule has 0 bridgehead atoms. The van der Waals surface area contributed by atoms with Gasteiger partial charge in [0.05, 0.1) is 12.6 Å². The van der Waals surface area contributed by atoms with Crippen LogP contribution >= 0.6 is 0 Å². The van der Waals surface area contributed by atoms with Gasteiger partial charge in [-0.15, -0.1) is 0 Å². The van der Waals surface area contributed by atoms with Gasteiger partial charge in [0.1, 0.15) is 5.76 Å². The molecular formula is C11H17NO4. The Morgan fingerprint density at radius 1 is 1.56 bits per heavy atom. The first-order valence-electron chi connectivity index (χ1n) is 5.28. The lowest BCUT2D eigenvalue weighted by Crippen LogP contribution is -2.33. The summed E-state index contributed by atoms with van der Waals surface area (Å²) in [6, 6.07) is 2.93. The molecule has 0 aliphatic heterocycles. The van der Waals surface area contributed by atoms with Crippen molar-refractivity contribution in [2.45, 2.75) is 32.4 Å². The van der Waals surface area contributed by atoms with Crippen LogP contribution in [0.2, 0.25) is 0 Å². The predicted molar refractivity (Wildman–Crippen MR) is 58.4 cm³/mol. The number of carboxylic acid groups (broad SMARTS) is 1. The first-order valence-corrected chi connectivity index (χ1v) is 5.28. The highest BCUT2D eigenvalue weighted by molar-refractivity contribution is 5.84. The highest BCUT2D eigenvalue weighted by Gasteiger charge is 2.16. The minimum absolute atomic E-state index is 0.00613. The molecule has 2 atom stereocenters. The van der Waals surface area contributed by atoms with Gasteiger partial charge in [-0.25, -0.2) is 4.79 Å². The maximum atomic E-state index is 10.6. The van der Waals surface area contributed by atoms with E-state index in [0.29, 0.717) is 5.76 Å². The third-order valence-electron chi connectivity index (χ3n) is 2.46. The molecule has 0 aliphatic carbocycles. The fourth-order valence-electron chi connectivity index (χ4n) is 1.44. The first kappa shape index (κ1) is 12.7. The van der Waals surface area contributed by atoms with Crippen LogP contribution in [0, 0.1) is 0 Å². The molecule has 5 heteroatoms. The summed E-state index contributed by atoms with van der Waals surface area (Å²) in [6.07, 6.45) is 0.799. The zero-order valence-electron chi connectivity index (χ0n) is 9.43. The number of aromatic carboxylic acids is 1. The van der Waals surface area contributed by atoms with Crippen LogP contribution in [0.5, 0.6) is 0 Å². The molecule has 90 valence electrons. The van der Waals surface area contributed by atoms with Crippen molar-refractivity contribution in [2.24, 2.45) is 0 Å². The fraction of sp³-hybridized carbons (Fsp3) is 0.545. The Balaban J connectivity index is 2.65. The number of hydrogen-bond donors (Lipinski definition) is 3. The molecule has 1 heterocycles. The van der Waals surface area contributed by atoms with Gasteiger partial charge in [-0.2, -0.15) is 0 Å². The molecular weight excluding hydrogens is 210 g/mol. The van der Waals surface area contributed by atoms with Gasteiger partial charge < -0.3 is 19.9 Å². The lowest BCUT2D eigenvalue weighted by atomic mass is 10.2. The maximum absolute atomic E-state index is 10.6. The summed E-state index contributed by atoms with van der Waals surface area (Å²) in [5.41, 5.74) is 0. The second-order valence-electron chi connectivity index (χ2n) is 3.68. The molecule has 1 aromatic rings. The maximum Gasteiger partial charge on any atom is 0.371 e. The fourth-order valence-corrected chi connectivity index (χ4v) is 1.44. The molecule has 0 fully saturated rings. The highest BCUT2D eigenvalue weighted by Crippen LogP contribution is 2.17. The SMILES string of the molecule is CCC(CO)NC(C)c1ccc(C(=O)O)o1. The smallest absolute Gasteiger partial charge is 0.371 e. The molecule has 0 amide bonds. The van der Waals surface area contributed by atoms with Crippen LogP contribution in [0.15, 0.2) is 16.5 Å². The topological polar surface area (TPSA) is 82.7 Å². The highest BCUT2D eigenvalue weighted by atomic mass is 16.4. The average Bonchev–Trinajstić information content (AvgIpc) is 2.74. The van der Waals surface area contributed by atoms with Crippen LogP contribution in [0.3, 0.4) is 0 Å². The summed E-state index contributed by atoms with van der Waals surface area (Å²) >= 11 is 0. The summed E-state index contributed by atoms with van der Waals surface area (Å²) < 4.78 is 5.15. The molecule has 3 N–H and O–H groups in total. The number of furan rings is 1. The normalized spacial score (nSPS) is 14.7.